The Labute approximate surface area is 193 Å². The average Bonchev–Trinajstić information content (AvgIpc) is 3.29. The lowest BCUT2D eigenvalue weighted by Crippen LogP contribution is -2.39. The van der Waals surface area contributed by atoms with E-state index in [4.69, 9.17) is 14.7 Å². The maximum Gasteiger partial charge on any atom is 0.273 e. The van der Waals surface area contributed by atoms with Crippen LogP contribution in [0.15, 0.2) is 59.5 Å². The maximum absolute atomic E-state index is 12.9. The number of aromatic amines is 1. The molecule has 0 bridgehead atoms. The van der Waals surface area contributed by atoms with Gasteiger partial charge in [-0.2, -0.15) is 0 Å². The zero-order chi connectivity index (χ0) is 22.4. The lowest BCUT2D eigenvalue weighted by Gasteiger charge is -2.28. The number of hydrogen-bond acceptors (Lipinski definition) is 7. The Hall–Kier alpha value is -3.62. The van der Waals surface area contributed by atoms with E-state index in [1.54, 1.807) is 17.5 Å². The van der Waals surface area contributed by atoms with Crippen molar-refractivity contribution in [1.82, 2.24) is 19.9 Å². The molecule has 0 aliphatic carbocycles. The number of ether oxygens (including phenoxy) is 1. The maximum atomic E-state index is 12.9. The van der Waals surface area contributed by atoms with Gasteiger partial charge in [-0.25, -0.2) is 9.97 Å². The van der Waals surface area contributed by atoms with Crippen LogP contribution in [0.5, 0.6) is 0 Å². The molecule has 4 aromatic heterocycles. The standard InChI is InChI=1S/C25H21N5O2S/c1-15-4-7-21(33-15)23-22(17-5-6-18-16(13-17)3-2-8-26-18)27-19-14-20(25(31)29-24(19)28-23)30-9-11-32-12-10-30/h2-8,13-14H,9-12H2,1H3,(H,28,29,31). The van der Waals surface area contributed by atoms with Crippen LogP contribution < -0.4 is 10.5 Å². The van der Waals surface area contributed by atoms with Gasteiger partial charge in [-0.05, 0) is 43.3 Å². The number of morpholine rings is 1. The summed E-state index contributed by atoms with van der Waals surface area (Å²) in [7, 11) is 0. The smallest absolute Gasteiger partial charge is 0.273 e. The number of fused-ring (bicyclic) bond motifs is 2. The van der Waals surface area contributed by atoms with Crippen molar-refractivity contribution in [2.45, 2.75) is 6.92 Å². The molecule has 1 aromatic carbocycles. The number of benzene rings is 1. The highest BCUT2D eigenvalue weighted by Crippen LogP contribution is 2.35. The van der Waals surface area contributed by atoms with E-state index >= 15 is 0 Å². The van der Waals surface area contributed by atoms with Crippen molar-refractivity contribution in [3.63, 3.8) is 0 Å². The van der Waals surface area contributed by atoms with Crippen LogP contribution in [-0.4, -0.2) is 46.2 Å². The zero-order valence-electron chi connectivity index (χ0n) is 18.0. The number of anilines is 1. The third-order valence-electron chi connectivity index (χ3n) is 5.86. The van der Waals surface area contributed by atoms with E-state index in [0.717, 1.165) is 32.7 Å². The van der Waals surface area contributed by atoms with Gasteiger partial charge in [-0.1, -0.05) is 12.1 Å². The minimum absolute atomic E-state index is 0.156. The van der Waals surface area contributed by atoms with E-state index < -0.39 is 0 Å². The predicted octanol–water partition coefficient (Wildman–Crippen LogP) is 4.41. The highest BCUT2D eigenvalue weighted by molar-refractivity contribution is 7.15. The molecule has 0 radical (unpaired) electrons. The Morgan fingerprint density at radius 1 is 1.00 bits per heavy atom. The molecule has 5 aromatic rings. The minimum atomic E-state index is -0.156. The number of rotatable bonds is 3. The molecule has 33 heavy (non-hydrogen) atoms. The number of nitrogens with zero attached hydrogens (tertiary/aromatic N) is 4. The Morgan fingerprint density at radius 2 is 1.88 bits per heavy atom. The van der Waals surface area contributed by atoms with Crippen LogP contribution in [0.2, 0.25) is 0 Å². The zero-order valence-corrected chi connectivity index (χ0v) is 18.9. The van der Waals surface area contributed by atoms with Gasteiger partial charge in [-0.3, -0.25) is 9.78 Å². The summed E-state index contributed by atoms with van der Waals surface area (Å²) in [5.74, 6) is 0. The van der Waals surface area contributed by atoms with Gasteiger partial charge in [0.25, 0.3) is 5.56 Å². The molecule has 0 saturated carbocycles. The fourth-order valence-electron chi connectivity index (χ4n) is 4.20. The Morgan fingerprint density at radius 3 is 2.70 bits per heavy atom. The van der Waals surface area contributed by atoms with Gasteiger partial charge < -0.3 is 14.6 Å². The van der Waals surface area contributed by atoms with Crippen molar-refractivity contribution in [2.75, 3.05) is 31.2 Å². The van der Waals surface area contributed by atoms with Crippen molar-refractivity contribution in [2.24, 2.45) is 0 Å². The van der Waals surface area contributed by atoms with Gasteiger partial charge in [0.2, 0.25) is 0 Å². The molecule has 0 amide bonds. The summed E-state index contributed by atoms with van der Waals surface area (Å²) in [5, 5.41) is 1.04. The summed E-state index contributed by atoms with van der Waals surface area (Å²) in [6.07, 6.45) is 1.79. The molecule has 1 aliphatic heterocycles. The molecule has 6 rings (SSSR count). The first-order valence-corrected chi connectivity index (χ1v) is 11.7. The summed E-state index contributed by atoms with van der Waals surface area (Å²) in [4.78, 5) is 34.4. The van der Waals surface area contributed by atoms with Crippen LogP contribution in [0.3, 0.4) is 0 Å². The predicted molar refractivity (Wildman–Crippen MR) is 132 cm³/mol. The van der Waals surface area contributed by atoms with Gasteiger partial charge in [0.1, 0.15) is 16.9 Å². The van der Waals surface area contributed by atoms with Crippen molar-refractivity contribution in [3.05, 3.63) is 70.0 Å². The molecule has 1 saturated heterocycles. The molecule has 1 fully saturated rings. The van der Waals surface area contributed by atoms with Crippen molar-refractivity contribution in [3.8, 4) is 21.8 Å². The third-order valence-corrected chi connectivity index (χ3v) is 6.87. The number of pyridine rings is 2. The molecule has 0 unspecified atom stereocenters. The quantitative estimate of drug-likeness (QED) is 0.434. The van der Waals surface area contributed by atoms with Gasteiger partial charge in [0, 0.05) is 35.1 Å². The van der Waals surface area contributed by atoms with Gasteiger partial charge in [0.05, 0.1) is 29.3 Å². The van der Waals surface area contributed by atoms with Crippen LogP contribution in [0.4, 0.5) is 5.69 Å². The summed E-state index contributed by atoms with van der Waals surface area (Å²) >= 11 is 1.66. The van der Waals surface area contributed by atoms with Gasteiger partial charge in [0.15, 0.2) is 5.65 Å². The number of aryl methyl sites for hydroxylation is 1. The number of thiophene rings is 1. The van der Waals surface area contributed by atoms with Crippen molar-refractivity contribution >= 4 is 39.1 Å². The molecular formula is C25H21N5O2S. The van der Waals surface area contributed by atoms with E-state index in [2.05, 4.69) is 35.1 Å². The van der Waals surface area contributed by atoms with E-state index in [0.29, 0.717) is 43.2 Å². The molecule has 7 nitrogen and oxygen atoms in total. The number of nitrogens with one attached hydrogen (secondary N) is 1. The number of H-pyrrole nitrogens is 1. The second-order valence-corrected chi connectivity index (χ2v) is 9.35. The molecule has 8 heteroatoms. The molecule has 164 valence electrons. The van der Waals surface area contributed by atoms with Crippen molar-refractivity contribution < 1.29 is 4.74 Å². The van der Waals surface area contributed by atoms with Gasteiger partial charge >= 0.3 is 0 Å². The summed E-state index contributed by atoms with van der Waals surface area (Å²) < 4.78 is 5.44. The Bertz CT molecular complexity index is 1550. The number of hydrogen-bond donors (Lipinski definition) is 1. The van der Waals surface area contributed by atoms with Crippen LogP contribution in [0, 0.1) is 6.92 Å². The lowest BCUT2D eigenvalue weighted by molar-refractivity contribution is 0.122. The molecule has 1 aliphatic rings. The van der Waals surface area contributed by atoms with Crippen LogP contribution in [0.25, 0.3) is 43.9 Å². The van der Waals surface area contributed by atoms with E-state index in [1.807, 2.05) is 35.2 Å². The minimum Gasteiger partial charge on any atom is -0.378 e. The SMILES string of the molecule is Cc1ccc(-c2nc3[nH]c(=O)c(N4CCOCC4)cc3nc2-c2ccc3ncccc3c2)s1. The summed E-state index contributed by atoms with van der Waals surface area (Å²) in [6.45, 7) is 4.64. The largest absolute Gasteiger partial charge is 0.378 e. The third kappa shape index (κ3) is 3.67. The number of aromatic nitrogens is 4. The van der Waals surface area contributed by atoms with E-state index in [9.17, 15) is 4.79 Å². The van der Waals surface area contributed by atoms with Crippen LogP contribution >= 0.6 is 11.3 Å². The summed E-state index contributed by atoms with van der Waals surface area (Å²) in [5.41, 5.74) is 5.05. The van der Waals surface area contributed by atoms with Gasteiger partial charge in [-0.15, -0.1) is 11.3 Å². The second kappa shape index (κ2) is 8.06. The Balaban J connectivity index is 1.58. The fourth-order valence-corrected chi connectivity index (χ4v) is 5.06. The lowest BCUT2D eigenvalue weighted by atomic mass is 10.1. The molecular weight excluding hydrogens is 434 g/mol. The first kappa shape index (κ1) is 20.0. The first-order chi connectivity index (χ1) is 16.2. The molecule has 5 heterocycles. The topological polar surface area (TPSA) is 84.0 Å². The first-order valence-electron chi connectivity index (χ1n) is 10.9. The molecule has 0 atom stereocenters. The normalized spacial score (nSPS) is 14.3. The monoisotopic (exact) mass is 455 g/mol. The summed E-state index contributed by atoms with van der Waals surface area (Å²) in [6, 6.07) is 16.1. The van der Waals surface area contributed by atoms with Crippen molar-refractivity contribution in [1.29, 1.82) is 0 Å². The second-order valence-electron chi connectivity index (χ2n) is 8.06. The average molecular weight is 456 g/mol. The fraction of sp³-hybridized carbons (Fsp3) is 0.200. The van der Waals surface area contributed by atoms with E-state index in [-0.39, 0.29) is 5.56 Å². The molecule has 0 spiro atoms. The van der Waals surface area contributed by atoms with Crippen LogP contribution in [0.1, 0.15) is 4.88 Å². The van der Waals surface area contributed by atoms with E-state index in [1.165, 1.54) is 4.88 Å². The highest BCUT2D eigenvalue weighted by Gasteiger charge is 2.19. The van der Waals surface area contributed by atoms with Crippen LogP contribution in [-0.2, 0) is 4.74 Å². The highest BCUT2D eigenvalue weighted by atomic mass is 32.1. The molecule has 1 N–H and O–H groups in total. The Kier molecular flexibility index (Phi) is 4.89.